The molecule has 1 heteroatoms. The van der Waals surface area contributed by atoms with Crippen molar-refractivity contribution in [1.29, 1.82) is 5.26 Å². The molecule has 29 heavy (non-hydrogen) atoms. The summed E-state index contributed by atoms with van der Waals surface area (Å²) in [5.74, 6) is 0.318. The molecular formula is C28H51N. The van der Waals surface area contributed by atoms with E-state index in [-0.39, 0.29) is 0 Å². The molecule has 0 spiro atoms. The van der Waals surface area contributed by atoms with Crippen LogP contribution in [0, 0.1) is 28.1 Å². The molecule has 1 nitrogen and oxygen atoms in total. The van der Waals surface area contributed by atoms with Gasteiger partial charge in [-0.2, -0.15) is 5.26 Å². The fourth-order valence-corrected chi connectivity index (χ4v) is 6.73. The molecule has 2 saturated carbocycles. The summed E-state index contributed by atoms with van der Waals surface area (Å²) < 4.78 is 0. The SMILES string of the molecule is CCCCCCCC1(CC(C#N)C2(CCCCCC)CCCCC2)CCCCC1. The van der Waals surface area contributed by atoms with Gasteiger partial charge < -0.3 is 0 Å². The van der Waals surface area contributed by atoms with Gasteiger partial charge in [0.1, 0.15) is 0 Å². The van der Waals surface area contributed by atoms with Crippen LogP contribution in [-0.2, 0) is 0 Å². The maximum Gasteiger partial charge on any atom is 0.0661 e. The van der Waals surface area contributed by atoms with E-state index in [4.69, 9.17) is 0 Å². The number of nitriles is 1. The normalized spacial score (nSPS) is 22.1. The first-order valence-electron chi connectivity index (χ1n) is 13.6. The Labute approximate surface area is 183 Å². The summed E-state index contributed by atoms with van der Waals surface area (Å²) in [4.78, 5) is 0. The van der Waals surface area contributed by atoms with Crippen molar-refractivity contribution in [3.8, 4) is 6.07 Å². The molecule has 0 aromatic carbocycles. The van der Waals surface area contributed by atoms with E-state index in [0.29, 0.717) is 16.7 Å². The second kappa shape index (κ2) is 13.7. The molecule has 0 aromatic rings. The van der Waals surface area contributed by atoms with Crippen LogP contribution in [0.5, 0.6) is 0 Å². The van der Waals surface area contributed by atoms with E-state index in [1.165, 1.54) is 141 Å². The van der Waals surface area contributed by atoms with E-state index in [1.807, 2.05) is 0 Å². The number of rotatable bonds is 14. The molecule has 0 amide bonds. The summed E-state index contributed by atoms with van der Waals surface area (Å²) in [5, 5.41) is 10.4. The molecule has 0 aliphatic heterocycles. The fraction of sp³-hybridized carbons (Fsp3) is 0.964. The largest absolute Gasteiger partial charge is 0.198 e. The second-order valence-electron chi connectivity index (χ2n) is 10.8. The van der Waals surface area contributed by atoms with Gasteiger partial charge in [-0.1, -0.05) is 110 Å². The summed E-state index contributed by atoms with van der Waals surface area (Å²) in [7, 11) is 0. The Morgan fingerprint density at radius 3 is 1.76 bits per heavy atom. The van der Waals surface area contributed by atoms with Gasteiger partial charge in [0.2, 0.25) is 0 Å². The van der Waals surface area contributed by atoms with Gasteiger partial charge >= 0.3 is 0 Å². The van der Waals surface area contributed by atoms with E-state index >= 15 is 0 Å². The Balaban J connectivity index is 2.04. The van der Waals surface area contributed by atoms with Gasteiger partial charge in [0, 0.05) is 0 Å². The van der Waals surface area contributed by atoms with Crippen LogP contribution < -0.4 is 0 Å². The van der Waals surface area contributed by atoms with Crippen molar-refractivity contribution in [2.75, 3.05) is 0 Å². The number of unbranched alkanes of at least 4 members (excludes halogenated alkanes) is 7. The van der Waals surface area contributed by atoms with Gasteiger partial charge in [0.05, 0.1) is 12.0 Å². The third-order valence-corrected chi connectivity index (χ3v) is 8.63. The van der Waals surface area contributed by atoms with E-state index in [9.17, 15) is 5.26 Å². The minimum atomic E-state index is 0.318. The zero-order valence-corrected chi connectivity index (χ0v) is 20.1. The highest BCUT2D eigenvalue weighted by molar-refractivity contribution is 5.02. The van der Waals surface area contributed by atoms with Crippen molar-refractivity contribution in [2.45, 2.75) is 155 Å². The summed E-state index contributed by atoms with van der Waals surface area (Å²) in [6.45, 7) is 4.62. The third kappa shape index (κ3) is 7.92. The van der Waals surface area contributed by atoms with Gasteiger partial charge in [-0.15, -0.1) is 0 Å². The van der Waals surface area contributed by atoms with Gasteiger partial charge in [0.25, 0.3) is 0 Å². The van der Waals surface area contributed by atoms with Crippen molar-refractivity contribution < 1.29 is 0 Å². The van der Waals surface area contributed by atoms with Crippen molar-refractivity contribution >= 4 is 0 Å². The zero-order valence-electron chi connectivity index (χ0n) is 20.1. The Hall–Kier alpha value is -0.510. The molecule has 2 aliphatic rings. The third-order valence-electron chi connectivity index (χ3n) is 8.63. The standard InChI is InChI=1S/C28H51N/c1-3-5-7-9-12-18-27(19-13-10-14-20-27)24-26(25-29)28(21-15-8-6-4-2)22-16-11-17-23-28/h26H,3-24H2,1-2H3. The van der Waals surface area contributed by atoms with Gasteiger partial charge in [-0.25, -0.2) is 0 Å². The average molecular weight is 402 g/mol. The molecule has 0 heterocycles. The molecule has 1 unspecified atom stereocenters. The molecular weight excluding hydrogens is 350 g/mol. The van der Waals surface area contributed by atoms with Crippen molar-refractivity contribution in [3.05, 3.63) is 0 Å². The van der Waals surface area contributed by atoms with Crippen LogP contribution in [-0.4, -0.2) is 0 Å². The Bertz CT molecular complexity index is 447. The first kappa shape index (κ1) is 24.8. The molecule has 168 valence electrons. The molecule has 2 fully saturated rings. The van der Waals surface area contributed by atoms with Crippen LogP contribution in [0.4, 0.5) is 0 Å². The lowest BCUT2D eigenvalue weighted by atomic mass is 9.57. The lowest BCUT2D eigenvalue weighted by molar-refractivity contribution is 0.0484. The molecule has 2 aliphatic carbocycles. The highest BCUT2D eigenvalue weighted by Gasteiger charge is 2.44. The smallest absolute Gasteiger partial charge is 0.0661 e. The van der Waals surface area contributed by atoms with E-state index < -0.39 is 0 Å². The topological polar surface area (TPSA) is 23.8 Å². The van der Waals surface area contributed by atoms with Gasteiger partial charge in [-0.05, 0) is 55.8 Å². The summed E-state index contributed by atoms with van der Waals surface area (Å²) in [5.41, 5.74) is 0.853. The fourth-order valence-electron chi connectivity index (χ4n) is 6.73. The molecule has 1 atom stereocenters. The Morgan fingerprint density at radius 2 is 1.17 bits per heavy atom. The molecule has 2 rings (SSSR count). The van der Waals surface area contributed by atoms with Crippen LogP contribution in [0.1, 0.15) is 155 Å². The maximum absolute atomic E-state index is 10.4. The van der Waals surface area contributed by atoms with Gasteiger partial charge in [-0.3, -0.25) is 0 Å². The van der Waals surface area contributed by atoms with E-state index in [2.05, 4.69) is 19.9 Å². The van der Waals surface area contributed by atoms with E-state index in [1.54, 1.807) is 0 Å². The van der Waals surface area contributed by atoms with Crippen LogP contribution in [0.2, 0.25) is 0 Å². The maximum atomic E-state index is 10.4. The molecule has 0 bridgehead atoms. The molecule has 0 saturated heterocycles. The van der Waals surface area contributed by atoms with Crippen LogP contribution in [0.15, 0.2) is 0 Å². The molecule has 0 N–H and O–H groups in total. The summed E-state index contributed by atoms with van der Waals surface area (Å²) in [6, 6.07) is 2.94. The lowest BCUT2D eigenvalue weighted by Crippen LogP contribution is -2.37. The first-order valence-corrected chi connectivity index (χ1v) is 13.6. The lowest BCUT2D eigenvalue weighted by Gasteiger charge is -2.46. The van der Waals surface area contributed by atoms with Crippen LogP contribution in [0.25, 0.3) is 0 Å². The van der Waals surface area contributed by atoms with Crippen LogP contribution >= 0.6 is 0 Å². The Kier molecular flexibility index (Phi) is 11.7. The van der Waals surface area contributed by atoms with E-state index in [0.717, 1.165) is 0 Å². The minimum absolute atomic E-state index is 0.318. The number of hydrogen-bond acceptors (Lipinski definition) is 1. The average Bonchev–Trinajstić information content (AvgIpc) is 2.76. The number of nitrogens with zero attached hydrogens (tertiary/aromatic N) is 1. The quantitative estimate of drug-likeness (QED) is 0.266. The minimum Gasteiger partial charge on any atom is -0.198 e. The molecule has 0 aromatic heterocycles. The Morgan fingerprint density at radius 1 is 0.655 bits per heavy atom. The number of hydrogen-bond donors (Lipinski definition) is 0. The van der Waals surface area contributed by atoms with Crippen molar-refractivity contribution in [1.82, 2.24) is 0 Å². The second-order valence-corrected chi connectivity index (χ2v) is 10.8. The first-order chi connectivity index (χ1) is 14.2. The monoisotopic (exact) mass is 401 g/mol. The van der Waals surface area contributed by atoms with Crippen LogP contribution in [0.3, 0.4) is 0 Å². The van der Waals surface area contributed by atoms with Crippen molar-refractivity contribution in [3.63, 3.8) is 0 Å². The van der Waals surface area contributed by atoms with Crippen molar-refractivity contribution in [2.24, 2.45) is 16.7 Å². The summed E-state index contributed by atoms with van der Waals surface area (Å²) in [6.07, 6.45) is 30.2. The van der Waals surface area contributed by atoms with Gasteiger partial charge in [0.15, 0.2) is 0 Å². The highest BCUT2D eigenvalue weighted by Crippen LogP contribution is 2.54. The molecule has 0 radical (unpaired) electrons. The predicted molar refractivity (Wildman–Crippen MR) is 127 cm³/mol. The highest BCUT2D eigenvalue weighted by atomic mass is 14.5. The predicted octanol–water partition coefficient (Wildman–Crippen LogP) is 9.75. The zero-order chi connectivity index (χ0) is 20.8. The summed E-state index contributed by atoms with van der Waals surface area (Å²) >= 11 is 0.